The van der Waals surface area contributed by atoms with Gasteiger partial charge < -0.3 is 14.4 Å². The third-order valence-corrected chi connectivity index (χ3v) is 4.95. The third-order valence-electron chi connectivity index (χ3n) is 4.95. The molecular formula is C19H25NO4. The van der Waals surface area contributed by atoms with E-state index >= 15 is 0 Å². The predicted octanol–water partition coefficient (Wildman–Crippen LogP) is 2.63. The quantitative estimate of drug-likeness (QED) is 0.796. The number of aryl methyl sites for hydroxylation is 2. The molecule has 5 nitrogen and oxygen atoms in total. The number of ketones is 1. The zero-order chi connectivity index (χ0) is 17.2. The lowest BCUT2D eigenvalue weighted by molar-refractivity contribution is -0.187. The Morgan fingerprint density at radius 2 is 1.75 bits per heavy atom. The number of benzene rings is 1. The van der Waals surface area contributed by atoms with Crippen LogP contribution in [0.3, 0.4) is 0 Å². The monoisotopic (exact) mass is 331 g/mol. The molecule has 2 fully saturated rings. The van der Waals surface area contributed by atoms with E-state index in [1.165, 1.54) is 0 Å². The van der Waals surface area contributed by atoms with Gasteiger partial charge >= 0.3 is 0 Å². The summed E-state index contributed by atoms with van der Waals surface area (Å²) in [5.74, 6) is -0.382. The van der Waals surface area contributed by atoms with E-state index in [1.54, 1.807) is 0 Å². The van der Waals surface area contributed by atoms with Crippen molar-refractivity contribution in [1.29, 1.82) is 0 Å². The maximum atomic E-state index is 12.4. The van der Waals surface area contributed by atoms with Crippen molar-refractivity contribution in [2.24, 2.45) is 0 Å². The largest absolute Gasteiger partial charge is 0.347 e. The number of carbonyl (C=O) groups is 2. The highest BCUT2D eigenvalue weighted by Gasteiger charge is 2.40. The van der Waals surface area contributed by atoms with Gasteiger partial charge in [-0.2, -0.15) is 0 Å². The minimum atomic E-state index is -0.467. The number of Topliss-reactive ketones (excluding diaryl/α,β-unsaturated/α-hetero) is 1. The molecule has 2 heterocycles. The lowest BCUT2D eigenvalue weighted by atomic mass is 9.98. The Morgan fingerprint density at radius 3 is 2.42 bits per heavy atom. The van der Waals surface area contributed by atoms with E-state index in [0.717, 1.165) is 16.7 Å². The van der Waals surface area contributed by atoms with Crippen LogP contribution in [0.5, 0.6) is 0 Å². The van der Waals surface area contributed by atoms with Gasteiger partial charge in [0, 0.05) is 44.3 Å². The van der Waals surface area contributed by atoms with Gasteiger partial charge in [-0.1, -0.05) is 17.7 Å². The lowest BCUT2D eigenvalue weighted by Crippen LogP contribution is -2.47. The average Bonchev–Trinajstić information content (AvgIpc) is 3.03. The minimum absolute atomic E-state index is 0.0421. The molecule has 1 spiro atoms. The summed E-state index contributed by atoms with van der Waals surface area (Å²) >= 11 is 0. The number of hydrogen-bond donors (Lipinski definition) is 0. The van der Waals surface area contributed by atoms with Gasteiger partial charge in [0.25, 0.3) is 0 Å². The highest BCUT2D eigenvalue weighted by atomic mass is 16.7. The van der Waals surface area contributed by atoms with Crippen molar-refractivity contribution in [3.8, 4) is 0 Å². The Morgan fingerprint density at radius 1 is 1.08 bits per heavy atom. The number of amides is 1. The first kappa shape index (κ1) is 17.1. The number of carbonyl (C=O) groups excluding carboxylic acids is 2. The standard InChI is InChI=1S/C19H25NO4/c1-14-3-4-15(2)16(13-14)17(21)5-6-18(22)20-9-7-19(8-10-20)23-11-12-24-19/h3-4,13H,5-12H2,1-2H3. The molecule has 2 saturated heterocycles. The molecule has 0 aromatic heterocycles. The van der Waals surface area contributed by atoms with E-state index in [9.17, 15) is 9.59 Å². The Hall–Kier alpha value is -1.72. The van der Waals surface area contributed by atoms with Crippen LogP contribution in [0, 0.1) is 13.8 Å². The molecule has 0 saturated carbocycles. The fraction of sp³-hybridized carbons (Fsp3) is 0.579. The van der Waals surface area contributed by atoms with Gasteiger partial charge in [-0.3, -0.25) is 9.59 Å². The molecule has 130 valence electrons. The van der Waals surface area contributed by atoms with Gasteiger partial charge in [-0.05, 0) is 25.5 Å². The maximum absolute atomic E-state index is 12.4. The Labute approximate surface area is 142 Å². The van der Waals surface area contributed by atoms with Gasteiger partial charge in [-0.25, -0.2) is 0 Å². The molecule has 1 aromatic rings. The van der Waals surface area contributed by atoms with Crippen LogP contribution in [0.2, 0.25) is 0 Å². The Balaban J connectivity index is 1.50. The molecule has 0 atom stereocenters. The van der Waals surface area contributed by atoms with Crippen molar-refractivity contribution in [1.82, 2.24) is 4.90 Å². The van der Waals surface area contributed by atoms with Crippen LogP contribution < -0.4 is 0 Å². The molecule has 0 aliphatic carbocycles. The molecule has 2 aliphatic rings. The highest BCUT2D eigenvalue weighted by molar-refractivity contribution is 5.99. The second-order valence-corrected chi connectivity index (χ2v) is 6.73. The smallest absolute Gasteiger partial charge is 0.223 e. The summed E-state index contributed by atoms with van der Waals surface area (Å²) in [6, 6.07) is 5.85. The van der Waals surface area contributed by atoms with Gasteiger partial charge in [0.1, 0.15) is 0 Å². The fourth-order valence-corrected chi connectivity index (χ4v) is 3.43. The van der Waals surface area contributed by atoms with Crippen molar-refractivity contribution < 1.29 is 19.1 Å². The van der Waals surface area contributed by atoms with E-state index in [0.29, 0.717) is 39.1 Å². The van der Waals surface area contributed by atoms with Crippen LogP contribution in [0.25, 0.3) is 0 Å². The summed E-state index contributed by atoms with van der Waals surface area (Å²) in [5, 5.41) is 0. The molecule has 1 amide bonds. The first-order valence-corrected chi connectivity index (χ1v) is 8.65. The summed E-state index contributed by atoms with van der Waals surface area (Å²) in [6.45, 7) is 6.45. The summed E-state index contributed by atoms with van der Waals surface area (Å²) < 4.78 is 11.4. The fourth-order valence-electron chi connectivity index (χ4n) is 3.43. The van der Waals surface area contributed by atoms with Gasteiger partial charge in [-0.15, -0.1) is 0 Å². The molecule has 1 aromatic carbocycles. The predicted molar refractivity (Wildman–Crippen MR) is 89.9 cm³/mol. The number of ether oxygens (including phenoxy) is 2. The van der Waals surface area contributed by atoms with E-state index in [2.05, 4.69) is 0 Å². The summed E-state index contributed by atoms with van der Waals surface area (Å²) in [7, 11) is 0. The normalized spacial score (nSPS) is 19.7. The van der Waals surface area contributed by atoms with E-state index < -0.39 is 5.79 Å². The van der Waals surface area contributed by atoms with Crippen molar-refractivity contribution >= 4 is 11.7 Å². The zero-order valence-electron chi connectivity index (χ0n) is 14.5. The summed E-state index contributed by atoms with van der Waals surface area (Å²) in [5.41, 5.74) is 2.76. The third kappa shape index (κ3) is 3.68. The second-order valence-electron chi connectivity index (χ2n) is 6.73. The SMILES string of the molecule is Cc1ccc(C)c(C(=O)CCC(=O)N2CCC3(CC2)OCCO3)c1. The first-order chi connectivity index (χ1) is 11.5. The topological polar surface area (TPSA) is 55.8 Å². The van der Waals surface area contributed by atoms with Crippen molar-refractivity contribution in [3.05, 3.63) is 34.9 Å². The van der Waals surface area contributed by atoms with Crippen LogP contribution in [-0.2, 0) is 14.3 Å². The van der Waals surface area contributed by atoms with Crippen molar-refractivity contribution in [2.45, 2.75) is 45.3 Å². The maximum Gasteiger partial charge on any atom is 0.223 e. The molecule has 2 aliphatic heterocycles. The van der Waals surface area contributed by atoms with Gasteiger partial charge in [0.15, 0.2) is 11.6 Å². The average molecular weight is 331 g/mol. The van der Waals surface area contributed by atoms with Crippen LogP contribution in [0.15, 0.2) is 18.2 Å². The second kappa shape index (κ2) is 7.03. The highest BCUT2D eigenvalue weighted by Crippen LogP contribution is 2.31. The van der Waals surface area contributed by atoms with E-state index in [-0.39, 0.29) is 24.5 Å². The van der Waals surface area contributed by atoms with Crippen LogP contribution >= 0.6 is 0 Å². The van der Waals surface area contributed by atoms with Gasteiger partial charge in [0.2, 0.25) is 5.91 Å². The van der Waals surface area contributed by atoms with Crippen LogP contribution in [0.1, 0.15) is 47.2 Å². The number of hydrogen-bond acceptors (Lipinski definition) is 4. The van der Waals surface area contributed by atoms with E-state index in [1.807, 2.05) is 36.9 Å². The molecule has 24 heavy (non-hydrogen) atoms. The molecule has 3 rings (SSSR count). The molecular weight excluding hydrogens is 306 g/mol. The number of likely N-dealkylation sites (tertiary alicyclic amines) is 1. The molecule has 0 radical (unpaired) electrons. The van der Waals surface area contributed by atoms with Crippen LogP contribution in [0.4, 0.5) is 0 Å². The number of rotatable bonds is 4. The number of nitrogens with zero attached hydrogens (tertiary/aromatic N) is 1. The molecule has 0 unspecified atom stereocenters. The van der Waals surface area contributed by atoms with Crippen molar-refractivity contribution in [2.75, 3.05) is 26.3 Å². The molecule has 5 heteroatoms. The number of piperidine rings is 1. The Kier molecular flexibility index (Phi) is 5.01. The Bertz CT molecular complexity index is 624. The molecule has 0 bridgehead atoms. The summed E-state index contributed by atoms with van der Waals surface area (Å²) in [4.78, 5) is 26.6. The van der Waals surface area contributed by atoms with E-state index in [4.69, 9.17) is 9.47 Å². The first-order valence-electron chi connectivity index (χ1n) is 8.65. The van der Waals surface area contributed by atoms with Crippen molar-refractivity contribution in [3.63, 3.8) is 0 Å². The van der Waals surface area contributed by atoms with Crippen LogP contribution in [-0.4, -0.2) is 48.7 Å². The van der Waals surface area contributed by atoms with Gasteiger partial charge in [0.05, 0.1) is 13.2 Å². The lowest BCUT2D eigenvalue weighted by Gasteiger charge is -2.37. The minimum Gasteiger partial charge on any atom is -0.347 e. The zero-order valence-corrected chi connectivity index (χ0v) is 14.5. The summed E-state index contributed by atoms with van der Waals surface area (Å²) in [6.07, 6.45) is 1.95. The molecule has 0 N–H and O–H groups in total.